The van der Waals surface area contributed by atoms with Crippen molar-refractivity contribution in [1.29, 1.82) is 0 Å². The molecule has 0 saturated carbocycles. The summed E-state index contributed by atoms with van der Waals surface area (Å²) in [7, 11) is 0. The van der Waals surface area contributed by atoms with E-state index in [1.165, 1.54) is 12.1 Å². The van der Waals surface area contributed by atoms with Crippen LogP contribution >= 0.6 is 23.2 Å². The van der Waals surface area contributed by atoms with Gasteiger partial charge in [-0.2, -0.15) is 0 Å². The highest BCUT2D eigenvalue weighted by Gasteiger charge is 2.15. The molecule has 0 radical (unpaired) electrons. The van der Waals surface area contributed by atoms with Crippen molar-refractivity contribution in [2.24, 2.45) is 5.92 Å². The van der Waals surface area contributed by atoms with Crippen LogP contribution in [0.25, 0.3) is 0 Å². The van der Waals surface area contributed by atoms with Crippen LogP contribution in [0.2, 0.25) is 10.0 Å². The maximum Gasteiger partial charge on any atom is 0.142 e. The van der Waals surface area contributed by atoms with Gasteiger partial charge in [0.05, 0.1) is 11.1 Å². The summed E-state index contributed by atoms with van der Waals surface area (Å²) < 4.78 is 13.4. The van der Waals surface area contributed by atoms with Crippen LogP contribution in [0.5, 0.6) is 0 Å². The van der Waals surface area contributed by atoms with Crippen LogP contribution in [0.1, 0.15) is 38.8 Å². The van der Waals surface area contributed by atoms with Crippen molar-refractivity contribution in [3.8, 4) is 0 Å². The Labute approximate surface area is 123 Å². The van der Waals surface area contributed by atoms with Crippen molar-refractivity contribution in [3.05, 3.63) is 33.6 Å². The van der Waals surface area contributed by atoms with E-state index in [4.69, 9.17) is 23.2 Å². The molecule has 2 nitrogen and oxygen atoms in total. The molecule has 0 aliphatic carbocycles. The second kappa shape index (κ2) is 7.44. The molecule has 0 spiro atoms. The first-order valence-corrected chi connectivity index (χ1v) is 7.12. The monoisotopic (exact) mass is 307 g/mol. The Hall–Kier alpha value is -0.350. The number of aliphatic hydroxyl groups excluding tert-OH is 1. The lowest BCUT2D eigenvalue weighted by atomic mass is 10.0. The minimum atomic E-state index is -0.488. The predicted molar refractivity (Wildman–Crippen MR) is 78.3 cm³/mol. The number of rotatable bonds is 6. The van der Waals surface area contributed by atoms with Gasteiger partial charge in [0.1, 0.15) is 5.82 Å². The summed E-state index contributed by atoms with van der Waals surface area (Å²) in [5, 5.41) is 13.4. The average molecular weight is 308 g/mol. The molecule has 19 heavy (non-hydrogen) atoms. The highest BCUT2D eigenvalue weighted by atomic mass is 35.5. The highest BCUT2D eigenvalue weighted by molar-refractivity contribution is 6.35. The van der Waals surface area contributed by atoms with Crippen LogP contribution in [0, 0.1) is 11.7 Å². The van der Waals surface area contributed by atoms with Crippen LogP contribution < -0.4 is 5.32 Å². The summed E-state index contributed by atoms with van der Waals surface area (Å²) in [5.74, 6) is -0.0545. The number of hydrogen-bond donors (Lipinski definition) is 2. The van der Waals surface area contributed by atoms with E-state index >= 15 is 0 Å². The minimum Gasteiger partial charge on any atom is -0.392 e. The molecule has 0 fully saturated rings. The van der Waals surface area contributed by atoms with Gasteiger partial charge in [0, 0.05) is 17.6 Å². The fraction of sp³-hybridized carbons (Fsp3) is 0.571. The Morgan fingerprint density at radius 1 is 1.21 bits per heavy atom. The molecular weight excluding hydrogens is 288 g/mol. The molecular formula is C14H20Cl2FNO. The number of halogens is 3. The third-order valence-electron chi connectivity index (χ3n) is 2.91. The van der Waals surface area contributed by atoms with Crippen molar-refractivity contribution in [2.45, 2.75) is 39.3 Å². The molecule has 0 bridgehead atoms. The molecule has 1 rings (SSSR count). The smallest absolute Gasteiger partial charge is 0.142 e. The molecule has 0 saturated heterocycles. The van der Waals surface area contributed by atoms with E-state index in [-0.39, 0.29) is 11.1 Å². The summed E-state index contributed by atoms with van der Waals surface area (Å²) in [6.45, 7) is 6.42. The number of nitrogens with one attached hydrogen (secondary N) is 1. The van der Waals surface area contributed by atoms with Crippen LogP contribution in [0.15, 0.2) is 12.1 Å². The zero-order chi connectivity index (χ0) is 14.6. The Morgan fingerprint density at radius 3 is 2.42 bits per heavy atom. The van der Waals surface area contributed by atoms with E-state index in [1.54, 1.807) is 0 Å². The molecule has 0 aromatic heterocycles. The zero-order valence-electron chi connectivity index (χ0n) is 11.4. The van der Waals surface area contributed by atoms with Gasteiger partial charge in [-0.25, -0.2) is 4.39 Å². The van der Waals surface area contributed by atoms with Crippen molar-refractivity contribution < 1.29 is 9.50 Å². The summed E-state index contributed by atoms with van der Waals surface area (Å²) in [6, 6.07) is 2.58. The Balaban J connectivity index is 2.63. The number of benzene rings is 1. The maximum absolute atomic E-state index is 13.4. The average Bonchev–Trinajstić information content (AvgIpc) is 2.30. The van der Waals surface area contributed by atoms with Gasteiger partial charge in [-0.05, 0) is 37.0 Å². The first kappa shape index (κ1) is 16.7. The third-order valence-corrected chi connectivity index (χ3v) is 3.53. The molecule has 0 aliphatic rings. The van der Waals surface area contributed by atoms with Crippen LogP contribution in [0.3, 0.4) is 0 Å². The van der Waals surface area contributed by atoms with Crippen LogP contribution in [0.4, 0.5) is 4.39 Å². The largest absolute Gasteiger partial charge is 0.392 e. The Bertz CT molecular complexity index is 426. The molecule has 0 heterocycles. The topological polar surface area (TPSA) is 32.3 Å². The van der Waals surface area contributed by atoms with Crippen LogP contribution in [-0.4, -0.2) is 17.8 Å². The van der Waals surface area contributed by atoms with E-state index in [0.29, 0.717) is 23.0 Å². The van der Waals surface area contributed by atoms with Gasteiger partial charge < -0.3 is 10.4 Å². The van der Waals surface area contributed by atoms with E-state index < -0.39 is 11.9 Å². The van der Waals surface area contributed by atoms with E-state index in [2.05, 4.69) is 19.2 Å². The number of hydrogen-bond acceptors (Lipinski definition) is 2. The minimum absolute atomic E-state index is 0.0146. The first-order valence-electron chi connectivity index (χ1n) is 6.37. The van der Waals surface area contributed by atoms with Gasteiger partial charge in [0.25, 0.3) is 0 Å². The van der Waals surface area contributed by atoms with Gasteiger partial charge in [0.15, 0.2) is 0 Å². The van der Waals surface area contributed by atoms with Crippen molar-refractivity contribution >= 4 is 23.2 Å². The van der Waals surface area contributed by atoms with Gasteiger partial charge >= 0.3 is 0 Å². The van der Waals surface area contributed by atoms with Crippen molar-refractivity contribution in [2.75, 3.05) is 6.54 Å². The maximum atomic E-state index is 13.4. The summed E-state index contributed by atoms with van der Waals surface area (Å²) >= 11 is 11.7. The van der Waals surface area contributed by atoms with Crippen molar-refractivity contribution in [3.63, 3.8) is 0 Å². The van der Waals surface area contributed by atoms with E-state index in [9.17, 15) is 9.50 Å². The highest BCUT2D eigenvalue weighted by Crippen LogP contribution is 2.28. The summed E-state index contributed by atoms with van der Waals surface area (Å²) in [6.07, 6.45) is 0.306. The standard InChI is InChI=1S/C14H20Cl2FNO/c1-8(2)4-10(19)7-18-9(3)11-5-14(17)13(16)6-12(11)15/h5-6,8-10,18-19H,4,7H2,1-3H3. The lowest BCUT2D eigenvalue weighted by Gasteiger charge is -2.19. The van der Waals surface area contributed by atoms with Gasteiger partial charge in [0.2, 0.25) is 0 Å². The predicted octanol–water partition coefficient (Wildman–Crippen LogP) is 4.19. The Morgan fingerprint density at radius 2 is 1.84 bits per heavy atom. The van der Waals surface area contributed by atoms with Gasteiger partial charge in [-0.1, -0.05) is 37.0 Å². The van der Waals surface area contributed by atoms with Gasteiger partial charge in [-0.15, -0.1) is 0 Å². The molecule has 1 aromatic carbocycles. The molecule has 5 heteroatoms. The summed E-state index contributed by atoms with van der Waals surface area (Å²) in [4.78, 5) is 0. The fourth-order valence-electron chi connectivity index (χ4n) is 1.92. The third kappa shape index (κ3) is 5.27. The number of aliphatic hydroxyl groups is 1. The van der Waals surface area contributed by atoms with Gasteiger partial charge in [-0.3, -0.25) is 0 Å². The lowest BCUT2D eigenvalue weighted by molar-refractivity contribution is 0.143. The second-order valence-electron chi connectivity index (χ2n) is 5.20. The molecule has 108 valence electrons. The summed E-state index contributed by atoms with van der Waals surface area (Å²) in [5.41, 5.74) is 0.639. The Kier molecular flexibility index (Phi) is 6.54. The van der Waals surface area contributed by atoms with E-state index in [0.717, 1.165) is 6.42 Å². The quantitative estimate of drug-likeness (QED) is 0.772. The molecule has 1 aromatic rings. The molecule has 0 amide bonds. The fourth-order valence-corrected chi connectivity index (χ4v) is 2.47. The van der Waals surface area contributed by atoms with Crippen molar-refractivity contribution in [1.82, 2.24) is 5.32 Å². The lowest BCUT2D eigenvalue weighted by Crippen LogP contribution is -2.30. The van der Waals surface area contributed by atoms with Crippen LogP contribution in [-0.2, 0) is 0 Å². The second-order valence-corrected chi connectivity index (χ2v) is 6.02. The zero-order valence-corrected chi connectivity index (χ0v) is 12.9. The molecule has 0 aliphatic heterocycles. The molecule has 2 atom stereocenters. The first-order chi connectivity index (χ1) is 8.81. The normalized spacial score (nSPS) is 14.7. The molecule has 2 N–H and O–H groups in total. The SMILES string of the molecule is CC(C)CC(O)CNC(C)c1cc(F)c(Cl)cc1Cl. The molecule has 2 unspecified atom stereocenters. The van der Waals surface area contributed by atoms with E-state index in [1.807, 2.05) is 6.92 Å².